The molecule has 33 heavy (non-hydrogen) atoms. The predicted molar refractivity (Wildman–Crippen MR) is 117 cm³/mol. The van der Waals surface area contributed by atoms with Crippen LogP contribution in [0.1, 0.15) is 39.5 Å². The molecule has 0 aromatic heterocycles. The molecule has 2 heterocycles. The van der Waals surface area contributed by atoms with Crippen LogP contribution in [0.4, 0.5) is 24.5 Å². The summed E-state index contributed by atoms with van der Waals surface area (Å²) in [7, 11) is 0. The Kier molecular flexibility index (Phi) is 6.97. The van der Waals surface area contributed by atoms with Gasteiger partial charge in [0, 0.05) is 24.7 Å². The monoisotopic (exact) mass is 474 g/mol. The van der Waals surface area contributed by atoms with Gasteiger partial charge >= 0.3 is 6.36 Å². The van der Waals surface area contributed by atoms with Crippen molar-refractivity contribution >= 4 is 11.4 Å². The van der Waals surface area contributed by atoms with Gasteiger partial charge < -0.3 is 36.1 Å². The maximum absolute atomic E-state index is 12.4. The molecule has 0 spiro atoms. The third kappa shape index (κ3) is 5.65. The van der Waals surface area contributed by atoms with Crippen molar-refractivity contribution in [1.29, 1.82) is 0 Å². The van der Waals surface area contributed by atoms with E-state index >= 15 is 0 Å². The van der Waals surface area contributed by atoms with Gasteiger partial charge in [-0.05, 0) is 57.6 Å². The van der Waals surface area contributed by atoms with E-state index in [1.807, 2.05) is 0 Å². The number of rotatable bonds is 8. The molecular weight excluding hydrogens is 441 g/mol. The number of hydrogen-bond donors (Lipinski definition) is 5. The standard InChI is InChI=1S/C22H33F3N4O4/c1-11(2)29(10-17-19(30)20(31)21(26)32-17)13-7-12(8-13)3-6-18-27-15-5-4-14(9-16(15)28-18)33-22(23,24)25/h4-5,9,11-13,17-21,27-28,30-31H,3,6-8,10,26H2,1-2H3/t12-,13+,17-,18?,19-,20-,21-/m1/s1. The minimum Gasteiger partial charge on any atom is -0.406 e. The normalized spacial score (nSPS) is 33.6. The Morgan fingerprint density at radius 2 is 1.85 bits per heavy atom. The van der Waals surface area contributed by atoms with Crippen molar-refractivity contribution in [3.8, 4) is 5.75 Å². The topological polar surface area (TPSA) is 112 Å². The lowest BCUT2D eigenvalue weighted by Crippen LogP contribution is -2.52. The van der Waals surface area contributed by atoms with E-state index in [1.54, 1.807) is 6.07 Å². The first-order valence-electron chi connectivity index (χ1n) is 11.5. The highest BCUT2D eigenvalue weighted by atomic mass is 19.4. The lowest BCUT2D eigenvalue weighted by Gasteiger charge is -2.46. The van der Waals surface area contributed by atoms with Gasteiger partial charge in [0.05, 0.1) is 17.5 Å². The van der Waals surface area contributed by atoms with Gasteiger partial charge in [-0.2, -0.15) is 0 Å². The van der Waals surface area contributed by atoms with Crippen LogP contribution in [0.2, 0.25) is 0 Å². The number of aliphatic hydroxyl groups is 2. The van der Waals surface area contributed by atoms with Crippen LogP contribution in [0.25, 0.3) is 0 Å². The number of alkyl halides is 3. The van der Waals surface area contributed by atoms with E-state index in [4.69, 9.17) is 10.5 Å². The van der Waals surface area contributed by atoms with Crippen molar-refractivity contribution in [3.05, 3.63) is 18.2 Å². The average molecular weight is 475 g/mol. The zero-order valence-corrected chi connectivity index (χ0v) is 18.8. The number of nitrogens with zero attached hydrogens (tertiary/aromatic N) is 1. The van der Waals surface area contributed by atoms with Crippen LogP contribution >= 0.6 is 0 Å². The van der Waals surface area contributed by atoms with Crippen LogP contribution in [-0.4, -0.2) is 70.8 Å². The second kappa shape index (κ2) is 9.46. The quantitative estimate of drug-likeness (QED) is 0.391. The van der Waals surface area contributed by atoms with Crippen molar-refractivity contribution in [2.45, 2.75) is 88.7 Å². The maximum atomic E-state index is 12.4. The summed E-state index contributed by atoms with van der Waals surface area (Å²) in [5, 5.41) is 26.6. The second-order valence-electron chi connectivity index (χ2n) is 9.58. The second-order valence-corrected chi connectivity index (χ2v) is 9.58. The number of anilines is 2. The Bertz CT molecular complexity index is 821. The Morgan fingerprint density at radius 1 is 1.15 bits per heavy atom. The molecule has 1 saturated heterocycles. The first-order chi connectivity index (χ1) is 15.5. The number of aliphatic hydroxyl groups excluding tert-OH is 2. The fourth-order valence-electron chi connectivity index (χ4n) is 5.05. The van der Waals surface area contributed by atoms with E-state index in [0.29, 0.717) is 24.2 Å². The van der Waals surface area contributed by atoms with E-state index < -0.39 is 30.9 Å². The molecule has 11 heteroatoms. The number of nitrogens with one attached hydrogen (secondary N) is 2. The fourth-order valence-corrected chi connectivity index (χ4v) is 5.05. The summed E-state index contributed by atoms with van der Waals surface area (Å²) in [5.41, 5.74) is 7.07. The summed E-state index contributed by atoms with van der Waals surface area (Å²) in [6, 6.07) is 4.89. The van der Waals surface area contributed by atoms with Crippen LogP contribution in [-0.2, 0) is 4.74 Å². The van der Waals surface area contributed by atoms with Crippen LogP contribution in [0.15, 0.2) is 18.2 Å². The van der Waals surface area contributed by atoms with Crippen LogP contribution < -0.4 is 21.1 Å². The molecular formula is C22H33F3N4O4. The lowest BCUT2D eigenvalue weighted by molar-refractivity contribution is -0.274. The average Bonchev–Trinajstić information content (AvgIpc) is 3.19. The molecule has 8 nitrogen and oxygen atoms in total. The molecule has 1 aliphatic carbocycles. The summed E-state index contributed by atoms with van der Waals surface area (Å²) in [5.74, 6) is 0.312. The van der Waals surface area contributed by atoms with Gasteiger partial charge in [0.25, 0.3) is 0 Å². The SMILES string of the molecule is CC(C)N(C[C@H]1O[C@@H](N)[C@H](O)[C@@H]1O)[C@H]1C[C@@H](CCC2Nc3ccc(OC(F)(F)F)cc3N2)C1. The summed E-state index contributed by atoms with van der Waals surface area (Å²) in [6.07, 6.45) is -4.28. The van der Waals surface area contributed by atoms with Crippen LogP contribution in [0, 0.1) is 5.92 Å². The summed E-state index contributed by atoms with van der Waals surface area (Å²) < 4.78 is 46.8. The lowest BCUT2D eigenvalue weighted by atomic mass is 9.76. The number of ether oxygens (including phenoxy) is 2. The molecule has 2 fully saturated rings. The molecule has 0 radical (unpaired) electrons. The highest BCUT2D eigenvalue weighted by Crippen LogP contribution is 2.39. The van der Waals surface area contributed by atoms with E-state index in [1.165, 1.54) is 12.1 Å². The van der Waals surface area contributed by atoms with Crippen molar-refractivity contribution < 1.29 is 32.9 Å². The molecule has 3 aliphatic rings. The first kappa shape index (κ1) is 24.3. The third-order valence-corrected chi connectivity index (χ3v) is 6.88. The van der Waals surface area contributed by atoms with Crippen molar-refractivity contribution in [2.24, 2.45) is 11.7 Å². The molecule has 0 amide bonds. The van der Waals surface area contributed by atoms with Gasteiger partial charge in [-0.25, -0.2) is 0 Å². The van der Waals surface area contributed by atoms with Gasteiger partial charge in [-0.15, -0.1) is 13.2 Å². The van der Waals surface area contributed by atoms with Crippen molar-refractivity contribution in [3.63, 3.8) is 0 Å². The van der Waals surface area contributed by atoms with Crippen LogP contribution in [0.5, 0.6) is 5.75 Å². The Hall–Kier alpha value is -1.79. The molecule has 1 saturated carbocycles. The number of nitrogens with two attached hydrogens (primary N) is 1. The summed E-state index contributed by atoms with van der Waals surface area (Å²) in [4.78, 5) is 2.30. The molecule has 1 unspecified atom stereocenters. The highest BCUT2D eigenvalue weighted by Gasteiger charge is 2.44. The Labute approximate surface area is 191 Å². The molecule has 186 valence electrons. The molecule has 1 aromatic carbocycles. The van der Waals surface area contributed by atoms with Gasteiger partial charge in [0.2, 0.25) is 0 Å². The van der Waals surface area contributed by atoms with E-state index in [-0.39, 0.29) is 18.0 Å². The zero-order valence-electron chi connectivity index (χ0n) is 18.8. The summed E-state index contributed by atoms with van der Waals surface area (Å²) >= 11 is 0. The third-order valence-electron chi connectivity index (χ3n) is 6.88. The maximum Gasteiger partial charge on any atom is 0.573 e. The molecule has 6 N–H and O–H groups in total. The Morgan fingerprint density at radius 3 is 2.45 bits per heavy atom. The number of fused-ring (bicyclic) bond motifs is 1. The van der Waals surface area contributed by atoms with E-state index in [0.717, 1.165) is 31.4 Å². The van der Waals surface area contributed by atoms with Crippen molar-refractivity contribution in [1.82, 2.24) is 4.90 Å². The van der Waals surface area contributed by atoms with Gasteiger partial charge in [-0.3, -0.25) is 4.90 Å². The largest absolute Gasteiger partial charge is 0.573 e. The van der Waals surface area contributed by atoms with Gasteiger partial charge in [-0.1, -0.05) is 0 Å². The zero-order chi connectivity index (χ0) is 23.9. The molecule has 0 bridgehead atoms. The number of benzene rings is 1. The minimum atomic E-state index is -4.71. The Balaban J connectivity index is 1.22. The molecule has 4 rings (SSSR count). The first-order valence-corrected chi connectivity index (χ1v) is 11.5. The number of halogens is 3. The number of hydrogen-bond acceptors (Lipinski definition) is 8. The molecule has 5 atom stereocenters. The summed E-state index contributed by atoms with van der Waals surface area (Å²) in [6.45, 7) is 4.72. The van der Waals surface area contributed by atoms with Gasteiger partial charge in [0.1, 0.15) is 30.3 Å². The minimum absolute atomic E-state index is 0.0357. The molecule has 2 aliphatic heterocycles. The fraction of sp³-hybridized carbons (Fsp3) is 0.727. The van der Waals surface area contributed by atoms with Crippen LogP contribution in [0.3, 0.4) is 0 Å². The predicted octanol–water partition coefficient (Wildman–Crippen LogP) is 2.42. The van der Waals surface area contributed by atoms with Gasteiger partial charge in [0.15, 0.2) is 0 Å². The van der Waals surface area contributed by atoms with E-state index in [9.17, 15) is 23.4 Å². The highest BCUT2D eigenvalue weighted by molar-refractivity contribution is 5.75. The van der Waals surface area contributed by atoms with E-state index in [2.05, 4.69) is 34.1 Å². The molecule has 1 aromatic rings. The van der Waals surface area contributed by atoms with Crippen molar-refractivity contribution in [2.75, 3.05) is 17.2 Å². The smallest absolute Gasteiger partial charge is 0.406 e.